The highest BCUT2D eigenvalue weighted by Gasteiger charge is 2.46. The zero-order chi connectivity index (χ0) is 25.0. The smallest absolute Gasteiger partial charge is 0.295 e. The number of ether oxygens (including phenoxy) is 4. The van der Waals surface area contributed by atoms with Gasteiger partial charge in [0.2, 0.25) is 0 Å². The fraction of sp³-hybridized carbons (Fsp3) is 0.360. The molecule has 2 aromatic rings. The Morgan fingerprint density at radius 3 is 2.18 bits per heavy atom. The van der Waals surface area contributed by atoms with Gasteiger partial charge in [0.15, 0.2) is 11.5 Å². The molecule has 1 amide bonds. The second kappa shape index (κ2) is 10.7. The first-order valence-electron chi connectivity index (χ1n) is 10.7. The van der Waals surface area contributed by atoms with E-state index in [1.807, 2.05) is 6.92 Å². The number of Topliss-reactive ketones (excluding diaryl/α,β-unsaturated/α-hetero) is 1. The number of carbonyl (C=O) groups is 2. The van der Waals surface area contributed by atoms with Crippen molar-refractivity contribution >= 4 is 29.1 Å². The van der Waals surface area contributed by atoms with E-state index in [4.69, 9.17) is 30.5 Å². The zero-order valence-electron chi connectivity index (χ0n) is 19.8. The number of ketones is 1. The van der Waals surface area contributed by atoms with Gasteiger partial charge in [0.1, 0.15) is 17.3 Å². The molecule has 0 bridgehead atoms. The molecule has 0 spiro atoms. The number of likely N-dealkylation sites (tertiary alicyclic amines) is 1. The number of nitrogens with zero attached hydrogens (tertiary/aromatic N) is 1. The third-order valence-corrected chi connectivity index (χ3v) is 6.04. The van der Waals surface area contributed by atoms with Gasteiger partial charge in [0, 0.05) is 12.6 Å². The molecule has 9 heteroatoms. The van der Waals surface area contributed by atoms with E-state index in [-0.39, 0.29) is 21.9 Å². The maximum Gasteiger partial charge on any atom is 0.295 e. The number of rotatable bonds is 9. The lowest BCUT2D eigenvalue weighted by Gasteiger charge is -2.26. The lowest BCUT2D eigenvalue weighted by atomic mass is 9.94. The van der Waals surface area contributed by atoms with Crippen LogP contribution in [-0.4, -0.2) is 56.7 Å². The van der Waals surface area contributed by atoms with Gasteiger partial charge in [-0.2, -0.15) is 0 Å². The molecule has 1 unspecified atom stereocenters. The van der Waals surface area contributed by atoms with Crippen LogP contribution in [0.2, 0.25) is 5.02 Å². The summed E-state index contributed by atoms with van der Waals surface area (Å²) in [5.41, 5.74) is 0.702. The van der Waals surface area contributed by atoms with E-state index in [9.17, 15) is 14.7 Å². The van der Waals surface area contributed by atoms with Crippen LogP contribution in [0.5, 0.6) is 23.0 Å². The molecule has 1 saturated heterocycles. The Morgan fingerprint density at radius 1 is 0.941 bits per heavy atom. The Morgan fingerprint density at radius 2 is 1.59 bits per heavy atom. The summed E-state index contributed by atoms with van der Waals surface area (Å²) in [4.78, 5) is 27.7. The number of halogens is 1. The molecule has 1 atom stereocenters. The van der Waals surface area contributed by atoms with Gasteiger partial charge in [-0.05, 0) is 30.2 Å². The van der Waals surface area contributed by atoms with Crippen LogP contribution in [-0.2, 0) is 9.59 Å². The fourth-order valence-corrected chi connectivity index (χ4v) is 4.24. The highest BCUT2D eigenvalue weighted by atomic mass is 35.5. The molecule has 3 rings (SSSR count). The number of benzene rings is 2. The number of hydrogen-bond donors (Lipinski definition) is 1. The average Bonchev–Trinajstić information content (AvgIpc) is 3.11. The summed E-state index contributed by atoms with van der Waals surface area (Å²) in [6.07, 6.45) is 1.51. The summed E-state index contributed by atoms with van der Waals surface area (Å²) < 4.78 is 21.4. The van der Waals surface area contributed by atoms with Crippen molar-refractivity contribution in [1.29, 1.82) is 0 Å². The van der Waals surface area contributed by atoms with Crippen molar-refractivity contribution in [2.24, 2.45) is 0 Å². The van der Waals surface area contributed by atoms with E-state index < -0.39 is 23.5 Å². The van der Waals surface area contributed by atoms with Gasteiger partial charge in [0.05, 0.1) is 50.6 Å². The van der Waals surface area contributed by atoms with Crippen LogP contribution in [0.1, 0.15) is 36.9 Å². The highest BCUT2D eigenvalue weighted by molar-refractivity contribution is 6.46. The van der Waals surface area contributed by atoms with Crippen molar-refractivity contribution in [3.63, 3.8) is 0 Å². The number of aliphatic hydroxyl groups excluding tert-OH is 1. The molecule has 1 N–H and O–H groups in total. The Balaban J connectivity index is 2.27. The van der Waals surface area contributed by atoms with Crippen molar-refractivity contribution in [3.8, 4) is 23.0 Å². The fourth-order valence-electron chi connectivity index (χ4n) is 4.00. The largest absolute Gasteiger partial charge is 0.507 e. The number of unbranched alkanes of at least 4 members (excludes halogenated alkanes) is 1. The first kappa shape index (κ1) is 25.2. The van der Waals surface area contributed by atoms with Crippen LogP contribution in [0, 0.1) is 0 Å². The summed E-state index contributed by atoms with van der Waals surface area (Å²) in [5.74, 6) is -0.347. The molecule has 0 aromatic heterocycles. The lowest BCUT2D eigenvalue weighted by Crippen LogP contribution is -2.30. The van der Waals surface area contributed by atoms with E-state index in [1.165, 1.54) is 45.5 Å². The highest BCUT2D eigenvalue weighted by Crippen LogP contribution is 2.44. The van der Waals surface area contributed by atoms with Gasteiger partial charge < -0.3 is 29.0 Å². The monoisotopic (exact) mass is 489 g/mol. The number of carbonyl (C=O) groups excluding carboxylic acids is 2. The first-order valence-corrected chi connectivity index (χ1v) is 11.1. The molecule has 182 valence electrons. The van der Waals surface area contributed by atoms with Crippen molar-refractivity contribution in [1.82, 2.24) is 4.90 Å². The molecule has 34 heavy (non-hydrogen) atoms. The van der Waals surface area contributed by atoms with Crippen LogP contribution < -0.4 is 18.9 Å². The summed E-state index contributed by atoms with van der Waals surface area (Å²) >= 11 is 6.29. The maximum atomic E-state index is 13.2. The molecule has 1 heterocycles. The van der Waals surface area contributed by atoms with E-state index in [0.29, 0.717) is 35.8 Å². The Bertz CT molecular complexity index is 1130. The Hall–Kier alpha value is -3.39. The van der Waals surface area contributed by atoms with Crippen molar-refractivity contribution < 1.29 is 33.6 Å². The average molecular weight is 490 g/mol. The topological polar surface area (TPSA) is 94.5 Å². The number of methoxy groups -OCH3 is 4. The van der Waals surface area contributed by atoms with Crippen LogP contribution in [0.4, 0.5) is 0 Å². The number of amides is 1. The minimum atomic E-state index is -0.836. The van der Waals surface area contributed by atoms with Gasteiger partial charge in [-0.25, -0.2) is 0 Å². The maximum absolute atomic E-state index is 13.2. The lowest BCUT2D eigenvalue weighted by molar-refractivity contribution is -0.139. The predicted molar refractivity (Wildman–Crippen MR) is 128 cm³/mol. The number of aliphatic hydroxyl groups is 1. The third-order valence-electron chi connectivity index (χ3n) is 5.74. The number of hydrogen-bond acceptors (Lipinski definition) is 7. The molecular weight excluding hydrogens is 462 g/mol. The quantitative estimate of drug-likeness (QED) is 0.312. The van der Waals surface area contributed by atoms with E-state index in [0.717, 1.165) is 6.42 Å². The molecule has 1 fully saturated rings. The van der Waals surface area contributed by atoms with Gasteiger partial charge >= 0.3 is 0 Å². The van der Waals surface area contributed by atoms with Crippen LogP contribution in [0.25, 0.3) is 5.76 Å². The normalized spacial score (nSPS) is 17.1. The summed E-state index contributed by atoms with van der Waals surface area (Å²) in [6, 6.07) is 7.24. The molecule has 0 saturated carbocycles. The zero-order valence-corrected chi connectivity index (χ0v) is 20.6. The summed E-state index contributed by atoms with van der Waals surface area (Å²) in [7, 11) is 5.89. The van der Waals surface area contributed by atoms with Crippen LogP contribution in [0.3, 0.4) is 0 Å². The van der Waals surface area contributed by atoms with E-state index in [1.54, 1.807) is 18.2 Å². The molecule has 2 aromatic carbocycles. The molecule has 1 aliphatic heterocycles. The SMILES string of the molecule is CCCCN1C(=O)C(=O)/C(=C(/O)c2cc(Cl)c(OC)cc2OC)C1c1ccc(OC)c(OC)c1. The minimum Gasteiger partial charge on any atom is -0.507 e. The molecule has 8 nitrogen and oxygen atoms in total. The van der Waals surface area contributed by atoms with Crippen molar-refractivity contribution in [2.75, 3.05) is 35.0 Å². The standard InChI is InChI=1S/C25H28ClNO7/c1-6-7-10-27-22(14-8-9-17(31-2)20(11-14)34-5)21(24(29)25(27)30)23(28)15-12-16(26)19(33-4)13-18(15)32-3/h8-9,11-13,22,28H,6-7,10H2,1-5H3/b23-21+. The minimum absolute atomic E-state index is 0.0622. The van der Waals surface area contributed by atoms with Gasteiger partial charge in [-0.3, -0.25) is 9.59 Å². The molecular formula is C25H28ClNO7. The summed E-state index contributed by atoms with van der Waals surface area (Å²) in [5, 5.41) is 11.6. The van der Waals surface area contributed by atoms with Crippen molar-refractivity contribution in [3.05, 3.63) is 52.1 Å². The summed E-state index contributed by atoms with van der Waals surface area (Å²) in [6.45, 7) is 2.34. The van der Waals surface area contributed by atoms with Gasteiger partial charge in [-0.1, -0.05) is 31.0 Å². The second-order valence-corrected chi connectivity index (χ2v) is 8.05. The first-order chi connectivity index (χ1) is 16.3. The van der Waals surface area contributed by atoms with E-state index >= 15 is 0 Å². The predicted octanol–water partition coefficient (Wildman–Crippen LogP) is 4.60. The molecule has 0 radical (unpaired) electrons. The Kier molecular flexibility index (Phi) is 7.94. The van der Waals surface area contributed by atoms with Crippen molar-refractivity contribution in [2.45, 2.75) is 25.8 Å². The molecule has 1 aliphatic rings. The van der Waals surface area contributed by atoms with E-state index in [2.05, 4.69) is 0 Å². The molecule has 0 aliphatic carbocycles. The third kappa shape index (κ3) is 4.50. The van der Waals surface area contributed by atoms with Gasteiger partial charge in [-0.15, -0.1) is 0 Å². The van der Waals surface area contributed by atoms with Gasteiger partial charge in [0.25, 0.3) is 11.7 Å². The second-order valence-electron chi connectivity index (χ2n) is 7.65. The van der Waals surface area contributed by atoms with Crippen LogP contribution >= 0.6 is 11.6 Å². The van der Waals surface area contributed by atoms with Crippen LogP contribution in [0.15, 0.2) is 35.9 Å². The Labute approximate surface area is 203 Å².